The van der Waals surface area contributed by atoms with Gasteiger partial charge in [-0.2, -0.15) is 10.2 Å². The van der Waals surface area contributed by atoms with Crippen LogP contribution < -0.4 is 5.43 Å². The van der Waals surface area contributed by atoms with Crippen LogP contribution >= 0.6 is 0 Å². The van der Waals surface area contributed by atoms with E-state index in [-0.39, 0.29) is 21.8 Å². The predicted octanol–water partition coefficient (Wildman–Crippen LogP) is 4.25. The molecule has 3 unspecified atom stereocenters. The summed E-state index contributed by atoms with van der Waals surface area (Å²) in [6.07, 6.45) is 7.15. The van der Waals surface area contributed by atoms with Crippen molar-refractivity contribution in [2.24, 2.45) is 17.3 Å². The predicted molar refractivity (Wildman–Crippen MR) is 91.6 cm³/mol. The van der Waals surface area contributed by atoms with Crippen LogP contribution in [0.1, 0.15) is 73.1 Å². The van der Waals surface area contributed by atoms with Gasteiger partial charge in [0.15, 0.2) is 0 Å². The number of hydrogen-bond donors (Lipinski definition) is 1. The first-order chi connectivity index (χ1) is 10.5. The highest BCUT2D eigenvalue weighted by Crippen LogP contribution is 2.62. The van der Waals surface area contributed by atoms with Crippen molar-refractivity contribution in [2.75, 3.05) is 13.6 Å². The molecular formula is C19H35N2O2+. The van der Waals surface area contributed by atoms with Gasteiger partial charge in [0.25, 0.3) is 0 Å². The Hall–Kier alpha value is -0.610. The van der Waals surface area contributed by atoms with Crippen LogP contribution in [0, 0.1) is 17.3 Å². The van der Waals surface area contributed by atoms with Crippen molar-refractivity contribution in [3.8, 4) is 0 Å². The van der Waals surface area contributed by atoms with Gasteiger partial charge in [-0.3, -0.25) is 0 Å². The molecule has 0 heterocycles. The Morgan fingerprint density at radius 3 is 2.22 bits per heavy atom. The molecule has 1 N–H and O–H groups in total. The SMILES string of the molecule is CCN[N+](C)(C(=O)OC12CC3CC(CC(C)(C3)C1)C2)C(C)(C)C. The molecule has 4 saturated carbocycles. The highest BCUT2D eigenvalue weighted by atomic mass is 16.6. The van der Waals surface area contributed by atoms with Crippen LogP contribution in [0.15, 0.2) is 0 Å². The van der Waals surface area contributed by atoms with E-state index in [0.717, 1.165) is 37.6 Å². The van der Waals surface area contributed by atoms with Crippen LogP contribution in [-0.4, -0.2) is 35.4 Å². The third-order valence-electron chi connectivity index (χ3n) is 6.78. The van der Waals surface area contributed by atoms with E-state index < -0.39 is 0 Å². The second kappa shape index (κ2) is 5.19. The number of quaternary nitrogens is 1. The van der Waals surface area contributed by atoms with E-state index in [1.165, 1.54) is 19.3 Å². The van der Waals surface area contributed by atoms with E-state index in [4.69, 9.17) is 4.74 Å². The summed E-state index contributed by atoms with van der Waals surface area (Å²) in [4.78, 5) is 13.2. The lowest BCUT2D eigenvalue weighted by Crippen LogP contribution is -2.70. The first-order valence-electron chi connectivity index (χ1n) is 9.36. The summed E-state index contributed by atoms with van der Waals surface area (Å²) in [6, 6.07) is 0. The highest BCUT2D eigenvalue weighted by Gasteiger charge is 2.60. The third kappa shape index (κ3) is 2.82. The Balaban J connectivity index is 1.82. The molecule has 4 nitrogen and oxygen atoms in total. The van der Waals surface area contributed by atoms with Crippen LogP contribution in [0.3, 0.4) is 0 Å². The van der Waals surface area contributed by atoms with E-state index >= 15 is 0 Å². The average Bonchev–Trinajstić information content (AvgIpc) is 2.33. The minimum Gasteiger partial charge on any atom is -0.412 e. The molecule has 0 aliphatic heterocycles. The monoisotopic (exact) mass is 323 g/mol. The number of carbonyl (C=O) groups is 1. The highest BCUT2D eigenvalue weighted by molar-refractivity contribution is 5.60. The van der Waals surface area contributed by atoms with E-state index in [0.29, 0.717) is 5.41 Å². The number of rotatable bonds is 3. The molecule has 4 heteroatoms. The molecule has 132 valence electrons. The molecule has 0 radical (unpaired) electrons. The molecule has 0 aromatic carbocycles. The zero-order valence-electron chi connectivity index (χ0n) is 15.9. The van der Waals surface area contributed by atoms with Crippen molar-refractivity contribution in [3.63, 3.8) is 0 Å². The first-order valence-corrected chi connectivity index (χ1v) is 9.36. The summed E-state index contributed by atoms with van der Waals surface area (Å²) in [5.41, 5.74) is 3.32. The molecule has 0 spiro atoms. The Morgan fingerprint density at radius 2 is 1.78 bits per heavy atom. The fourth-order valence-corrected chi connectivity index (χ4v) is 5.92. The Morgan fingerprint density at radius 1 is 1.22 bits per heavy atom. The molecule has 0 aromatic heterocycles. The normalized spacial score (nSPS) is 41.7. The Bertz CT molecular complexity index is 482. The number of carbonyl (C=O) groups excluding carboxylic acids is 1. The number of amides is 1. The van der Waals surface area contributed by atoms with Gasteiger partial charge in [-0.25, -0.2) is 0 Å². The molecule has 23 heavy (non-hydrogen) atoms. The Labute approximate surface area is 141 Å². The first kappa shape index (κ1) is 17.2. The van der Waals surface area contributed by atoms with E-state index in [1.807, 2.05) is 14.0 Å². The van der Waals surface area contributed by atoms with Gasteiger partial charge in [0.05, 0.1) is 7.05 Å². The molecule has 4 aliphatic carbocycles. The smallest absolute Gasteiger partial charge is 0.412 e. The summed E-state index contributed by atoms with van der Waals surface area (Å²) < 4.78 is 6.47. The van der Waals surface area contributed by atoms with E-state index in [1.54, 1.807) is 0 Å². The van der Waals surface area contributed by atoms with Crippen LogP contribution in [0.2, 0.25) is 0 Å². The van der Waals surface area contributed by atoms with Crippen LogP contribution in [0.4, 0.5) is 4.79 Å². The number of nitrogens with zero attached hydrogens (tertiary/aromatic N) is 1. The van der Waals surface area contributed by atoms with E-state index in [2.05, 4.69) is 33.1 Å². The van der Waals surface area contributed by atoms with Gasteiger partial charge in [-0.05, 0) is 83.5 Å². The molecule has 0 saturated heterocycles. The molecule has 1 amide bonds. The van der Waals surface area contributed by atoms with Crippen LogP contribution in [0.25, 0.3) is 0 Å². The molecule has 0 aromatic rings. The maximum Gasteiger partial charge on any atom is 0.536 e. The van der Waals surface area contributed by atoms with Crippen molar-refractivity contribution in [2.45, 2.75) is 84.3 Å². The standard InChI is InChI=1S/C19H35N2O2/c1-7-20-21(6,17(2,3)4)16(22)23-19-11-14-8-15(12-19)10-18(5,9-14)13-19/h14-15,20H,7-13H2,1-6H3/q+1. The lowest BCUT2D eigenvalue weighted by Gasteiger charge is -2.60. The Kier molecular flexibility index (Phi) is 3.89. The lowest BCUT2D eigenvalue weighted by atomic mass is 9.48. The molecule has 4 fully saturated rings. The lowest BCUT2D eigenvalue weighted by molar-refractivity contribution is -0.928. The fraction of sp³-hybridized carbons (Fsp3) is 0.947. The van der Waals surface area contributed by atoms with Gasteiger partial charge < -0.3 is 4.74 Å². The van der Waals surface area contributed by atoms with Gasteiger partial charge in [0.1, 0.15) is 11.1 Å². The second-order valence-electron chi connectivity index (χ2n) is 10.0. The molecule has 3 atom stereocenters. The maximum atomic E-state index is 13.2. The summed E-state index contributed by atoms with van der Waals surface area (Å²) in [5.74, 6) is 1.53. The summed E-state index contributed by atoms with van der Waals surface area (Å²) in [7, 11) is 1.95. The van der Waals surface area contributed by atoms with Gasteiger partial charge in [0, 0.05) is 6.54 Å². The molecular weight excluding hydrogens is 288 g/mol. The summed E-state index contributed by atoms with van der Waals surface area (Å²) in [5, 5.41) is 0. The molecule has 4 aliphatic rings. The summed E-state index contributed by atoms with van der Waals surface area (Å²) >= 11 is 0. The van der Waals surface area contributed by atoms with Crippen LogP contribution in [0.5, 0.6) is 0 Å². The van der Waals surface area contributed by atoms with Crippen molar-refractivity contribution in [1.29, 1.82) is 0 Å². The number of nitrogens with one attached hydrogen (secondary N) is 1. The minimum absolute atomic E-state index is 0.107. The van der Waals surface area contributed by atoms with Gasteiger partial charge in [-0.15, -0.1) is 4.59 Å². The van der Waals surface area contributed by atoms with Crippen molar-refractivity contribution < 1.29 is 14.1 Å². The van der Waals surface area contributed by atoms with Crippen LogP contribution in [-0.2, 0) is 4.74 Å². The molecule has 4 bridgehead atoms. The third-order valence-corrected chi connectivity index (χ3v) is 6.78. The van der Waals surface area contributed by atoms with Gasteiger partial charge in [0.2, 0.25) is 0 Å². The minimum atomic E-state index is -0.237. The largest absolute Gasteiger partial charge is 0.536 e. The quantitative estimate of drug-likeness (QED) is 0.623. The zero-order chi connectivity index (χ0) is 17.1. The van der Waals surface area contributed by atoms with Gasteiger partial charge in [-0.1, -0.05) is 6.92 Å². The van der Waals surface area contributed by atoms with Gasteiger partial charge >= 0.3 is 6.09 Å². The molecule has 4 rings (SSSR count). The van der Waals surface area contributed by atoms with Crippen molar-refractivity contribution >= 4 is 6.09 Å². The zero-order valence-corrected chi connectivity index (χ0v) is 15.9. The van der Waals surface area contributed by atoms with Crippen molar-refractivity contribution in [1.82, 2.24) is 5.43 Å². The topological polar surface area (TPSA) is 38.3 Å². The summed E-state index contributed by atoms with van der Waals surface area (Å²) in [6.45, 7) is 11.5. The van der Waals surface area contributed by atoms with E-state index in [9.17, 15) is 4.79 Å². The number of ether oxygens (including phenoxy) is 1. The second-order valence-corrected chi connectivity index (χ2v) is 10.0. The van der Waals surface area contributed by atoms with Crippen molar-refractivity contribution in [3.05, 3.63) is 0 Å². The number of hydrogen-bond acceptors (Lipinski definition) is 3. The fourth-order valence-electron chi connectivity index (χ4n) is 5.92. The maximum absolute atomic E-state index is 13.2. The average molecular weight is 324 g/mol.